The number of hydrogen-bond acceptors (Lipinski definition) is 3. The van der Waals surface area contributed by atoms with Crippen molar-refractivity contribution in [2.24, 2.45) is 0 Å². The van der Waals surface area contributed by atoms with Crippen molar-refractivity contribution in [3.05, 3.63) is 32.8 Å². The molecule has 15 heavy (non-hydrogen) atoms. The summed E-state index contributed by atoms with van der Waals surface area (Å²) in [6.07, 6.45) is 0. The topological polar surface area (TPSA) is 58.6 Å². The van der Waals surface area contributed by atoms with Crippen LogP contribution in [0.4, 0.5) is 0 Å². The molecular weight excluding hydrogens is 258 g/mol. The van der Waals surface area contributed by atoms with Crippen molar-refractivity contribution in [3.63, 3.8) is 0 Å². The second-order valence-electron chi connectivity index (χ2n) is 3.62. The van der Waals surface area contributed by atoms with Crippen molar-refractivity contribution < 1.29 is 0 Å². The standard InChI is InChI=1S/C10H10BrN3O/c1-5(2)8-9-6(10(15)14-13-8)3-4-7(11)12-9/h3-5H,1-2H3,(H,14,15). The number of nitrogens with zero attached hydrogens (tertiary/aromatic N) is 2. The lowest BCUT2D eigenvalue weighted by Gasteiger charge is -2.06. The molecule has 0 saturated heterocycles. The van der Waals surface area contributed by atoms with Crippen LogP contribution >= 0.6 is 15.9 Å². The fourth-order valence-electron chi connectivity index (χ4n) is 1.44. The highest BCUT2D eigenvalue weighted by atomic mass is 79.9. The Morgan fingerprint density at radius 3 is 2.80 bits per heavy atom. The van der Waals surface area contributed by atoms with Crippen LogP contribution < -0.4 is 5.56 Å². The Hall–Kier alpha value is -1.23. The van der Waals surface area contributed by atoms with E-state index in [0.29, 0.717) is 15.5 Å². The second-order valence-corrected chi connectivity index (χ2v) is 4.44. The highest BCUT2D eigenvalue weighted by Gasteiger charge is 2.11. The zero-order valence-electron chi connectivity index (χ0n) is 8.41. The van der Waals surface area contributed by atoms with E-state index in [1.165, 1.54) is 0 Å². The Kier molecular flexibility index (Phi) is 2.56. The Bertz CT molecular complexity index is 562. The highest BCUT2D eigenvalue weighted by molar-refractivity contribution is 9.10. The maximum Gasteiger partial charge on any atom is 0.273 e. The van der Waals surface area contributed by atoms with Crippen LogP contribution in [0.5, 0.6) is 0 Å². The number of H-pyrrole nitrogens is 1. The lowest BCUT2D eigenvalue weighted by atomic mass is 10.1. The number of aromatic amines is 1. The van der Waals surface area contributed by atoms with Crippen molar-refractivity contribution in [1.29, 1.82) is 0 Å². The first kappa shape index (κ1) is 10.3. The van der Waals surface area contributed by atoms with Crippen LogP contribution in [-0.2, 0) is 0 Å². The van der Waals surface area contributed by atoms with Crippen LogP contribution in [0.2, 0.25) is 0 Å². The van der Waals surface area contributed by atoms with E-state index in [0.717, 1.165) is 5.69 Å². The summed E-state index contributed by atoms with van der Waals surface area (Å²) in [5, 5.41) is 7.09. The predicted molar refractivity (Wildman–Crippen MR) is 61.9 cm³/mol. The van der Waals surface area contributed by atoms with E-state index < -0.39 is 0 Å². The number of rotatable bonds is 1. The first-order valence-electron chi connectivity index (χ1n) is 4.64. The minimum atomic E-state index is -0.200. The number of nitrogens with one attached hydrogen (secondary N) is 1. The van der Waals surface area contributed by atoms with E-state index in [2.05, 4.69) is 31.1 Å². The number of fused-ring (bicyclic) bond motifs is 1. The molecule has 0 atom stereocenters. The summed E-state index contributed by atoms with van der Waals surface area (Å²) in [5.41, 5.74) is 1.28. The van der Waals surface area contributed by atoms with E-state index in [4.69, 9.17) is 0 Å². The molecule has 78 valence electrons. The zero-order valence-corrected chi connectivity index (χ0v) is 10.00. The van der Waals surface area contributed by atoms with Crippen LogP contribution in [0.25, 0.3) is 10.9 Å². The third-order valence-electron chi connectivity index (χ3n) is 2.17. The largest absolute Gasteiger partial charge is 0.273 e. The third-order valence-corrected chi connectivity index (χ3v) is 2.61. The summed E-state index contributed by atoms with van der Waals surface area (Å²) in [6, 6.07) is 3.50. The van der Waals surface area contributed by atoms with Gasteiger partial charge in [0, 0.05) is 0 Å². The first-order chi connectivity index (χ1) is 7.09. The molecule has 0 aliphatic carbocycles. The smallest absolute Gasteiger partial charge is 0.267 e. The average Bonchev–Trinajstić information content (AvgIpc) is 2.17. The average molecular weight is 268 g/mol. The lowest BCUT2D eigenvalue weighted by molar-refractivity contribution is 0.788. The van der Waals surface area contributed by atoms with E-state index in [9.17, 15) is 4.79 Å². The molecule has 0 bridgehead atoms. The SMILES string of the molecule is CC(C)c1n[nH]c(=O)c2ccc(Br)nc12. The molecule has 2 heterocycles. The number of aromatic nitrogens is 3. The van der Waals surface area contributed by atoms with Crippen molar-refractivity contribution in [2.75, 3.05) is 0 Å². The van der Waals surface area contributed by atoms with Crippen LogP contribution in [0, 0.1) is 0 Å². The summed E-state index contributed by atoms with van der Waals surface area (Å²) in [7, 11) is 0. The van der Waals surface area contributed by atoms with Gasteiger partial charge in [0.1, 0.15) is 10.1 Å². The van der Waals surface area contributed by atoms with Gasteiger partial charge in [-0.05, 0) is 34.0 Å². The lowest BCUT2D eigenvalue weighted by Crippen LogP contribution is -2.12. The van der Waals surface area contributed by atoms with Crippen LogP contribution in [0.3, 0.4) is 0 Å². The monoisotopic (exact) mass is 267 g/mol. The molecule has 0 spiro atoms. The van der Waals surface area contributed by atoms with E-state index >= 15 is 0 Å². The molecule has 2 aromatic rings. The molecule has 2 rings (SSSR count). The van der Waals surface area contributed by atoms with Crippen molar-refractivity contribution >= 4 is 26.8 Å². The maximum absolute atomic E-state index is 11.5. The molecular formula is C10H10BrN3O. The van der Waals surface area contributed by atoms with Gasteiger partial charge in [-0.1, -0.05) is 13.8 Å². The summed E-state index contributed by atoms with van der Waals surface area (Å²) in [6.45, 7) is 4.03. The van der Waals surface area contributed by atoms with Crippen molar-refractivity contribution in [3.8, 4) is 0 Å². The molecule has 0 aromatic carbocycles. The van der Waals surface area contributed by atoms with Gasteiger partial charge in [0.15, 0.2) is 0 Å². The Morgan fingerprint density at radius 2 is 2.13 bits per heavy atom. The highest BCUT2D eigenvalue weighted by Crippen LogP contribution is 2.20. The molecule has 4 nitrogen and oxygen atoms in total. The molecule has 0 radical (unpaired) electrons. The Labute approximate surface area is 94.9 Å². The zero-order chi connectivity index (χ0) is 11.0. The van der Waals surface area contributed by atoms with Crippen LogP contribution in [-0.4, -0.2) is 15.2 Å². The number of halogens is 1. The molecule has 0 aliphatic heterocycles. The minimum Gasteiger partial charge on any atom is -0.267 e. The van der Waals surface area contributed by atoms with Gasteiger partial charge in [0.2, 0.25) is 0 Å². The van der Waals surface area contributed by atoms with Crippen LogP contribution in [0.1, 0.15) is 25.5 Å². The van der Waals surface area contributed by atoms with E-state index in [-0.39, 0.29) is 11.5 Å². The van der Waals surface area contributed by atoms with Gasteiger partial charge in [0.05, 0.1) is 11.1 Å². The third kappa shape index (κ3) is 1.79. The maximum atomic E-state index is 11.5. The molecule has 0 unspecified atom stereocenters. The van der Waals surface area contributed by atoms with Gasteiger partial charge in [-0.2, -0.15) is 5.10 Å². The van der Waals surface area contributed by atoms with Gasteiger partial charge in [-0.15, -0.1) is 0 Å². The normalized spacial score (nSPS) is 11.2. The van der Waals surface area contributed by atoms with Crippen LogP contribution in [0.15, 0.2) is 21.5 Å². The molecule has 2 aromatic heterocycles. The number of pyridine rings is 1. The van der Waals surface area contributed by atoms with Gasteiger partial charge in [-0.25, -0.2) is 10.1 Å². The molecule has 5 heteroatoms. The minimum absolute atomic E-state index is 0.200. The summed E-state index contributed by atoms with van der Waals surface area (Å²) < 4.78 is 0.712. The van der Waals surface area contributed by atoms with Gasteiger partial charge < -0.3 is 0 Å². The van der Waals surface area contributed by atoms with Gasteiger partial charge >= 0.3 is 0 Å². The molecule has 0 amide bonds. The fourth-order valence-corrected chi connectivity index (χ4v) is 1.75. The summed E-state index contributed by atoms with van der Waals surface area (Å²) in [5.74, 6) is 0.228. The van der Waals surface area contributed by atoms with Crippen molar-refractivity contribution in [2.45, 2.75) is 19.8 Å². The van der Waals surface area contributed by atoms with Gasteiger partial charge in [-0.3, -0.25) is 4.79 Å². The molecule has 1 N–H and O–H groups in total. The summed E-state index contributed by atoms with van der Waals surface area (Å²) >= 11 is 3.29. The predicted octanol–water partition coefficient (Wildman–Crippen LogP) is 2.20. The Balaban J connectivity index is 2.90. The molecule has 0 fully saturated rings. The van der Waals surface area contributed by atoms with E-state index in [1.54, 1.807) is 12.1 Å². The fraction of sp³-hybridized carbons (Fsp3) is 0.300. The van der Waals surface area contributed by atoms with Crippen molar-refractivity contribution in [1.82, 2.24) is 15.2 Å². The number of hydrogen-bond donors (Lipinski definition) is 1. The molecule has 0 saturated carbocycles. The second kappa shape index (κ2) is 3.73. The Morgan fingerprint density at radius 1 is 1.40 bits per heavy atom. The summed E-state index contributed by atoms with van der Waals surface area (Å²) in [4.78, 5) is 15.8. The molecule has 0 aliphatic rings. The van der Waals surface area contributed by atoms with E-state index in [1.807, 2.05) is 13.8 Å². The first-order valence-corrected chi connectivity index (χ1v) is 5.43. The van der Waals surface area contributed by atoms with Gasteiger partial charge in [0.25, 0.3) is 5.56 Å². The quantitative estimate of drug-likeness (QED) is 0.806.